The molecule has 254 valence electrons. The van der Waals surface area contributed by atoms with Crippen LogP contribution in [-0.2, 0) is 26.4 Å². The molecule has 1 amide bonds. The maximum Gasteiger partial charge on any atom is 0.408 e. The number of aromatic nitrogens is 2. The molecule has 0 radical (unpaired) electrons. The zero-order chi connectivity index (χ0) is 33.9. The molecule has 5 rings (SSSR count). The van der Waals surface area contributed by atoms with Gasteiger partial charge in [0.2, 0.25) is 0 Å². The van der Waals surface area contributed by atoms with Crippen LogP contribution >= 0.6 is 0 Å². The van der Waals surface area contributed by atoms with Gasteiger partial charge in [-0.05, 0) is 56.7 Å². The molecule has 0 bridgehead atoms. The maximum absolute atomic E-state index is 15.5. The van der Waals surface area contributed by atoms with Crippen LogP contribution in [0.1, 0.15) is 51.8 Å². The monoisotopic (exact) mass is 657 g/mol. The number of piperidine rings is 1. The minimum atomic E-state index is -0.940. The van der Waals surface area contributed by atoms with E-state index in [0.29, 0.717) is 56.1 Å². The number of hydrogen-bond acceptors (Lipinski definition) is 9. The Morgan fingerprint density at radius 2 is 1.81 bits per heavy atom. The number of aliphatic hydroxyl groups is 1. The molecule has 2 aromatic heterocycles. The summed E-state index contributed by atoms with van der Waals surface area (Å²) in [6, 6.07) is 6.14. The molecule has 2 aliphatic heterocycles. The molecule has 13 heteroatoms. The van der Waals surface area contributed by atoms with Crippen molar-refractivity contribution in [1.82, 2.24) is 15.3 Å². The minimum absolute atomic E-state index is 0.0890. The van der Waals surface area contributed by atoms with Gasteiger partial charge in [0.25, 0.3) is 0 Å². The van der Waals surface area contributed by atoms with Crippen LogP contribution in [0.5, 0.6) is 0 Å². The van der Waals surface area contributed by atoms with Crippen molar-refractivity contribution >= 4 is 17.5 Å². The summed E-state index contributed by atoms with van der Waals surface area (Å²) in [5, 5.41) is 16.9. The first-order valence-electron chi connectivity index (χ1n) is 15.7. The third kappa shape index (κ3) is 7.79. The molecule has 3 atom stereocenters. The summed E-state index contributed by atoms with van der Waals surface area (Å²) in [5.41, 5.74) is -0.551. The van der Waals surface area contributed by atoms with Crippen molar-refractivity contribution in [2.24, 2.45) is 5.92 Å². The number of amides is 1. The molecule has 4 heterocycles. The number of ether oxygens (including phenoxy) is 3. The lowest BCUT2D eigenvalue weighted by atomic mass is 9.85. The number of carbonyl (C=O) groups excluding carboxylic acids is 1. The van der Waals surface area contributed by atoms with Gasteiger partial charge in [0.1, 0.15) is 28.7 Å². The summed E-state index contributed by atoms with van der Waals surface area (Å²) in [7, 11) is 1.49. The molecule has 2 aliphatic rings. The number of nitrogens with one attached hydrogen (secondary N) is 2. The number of nitrogens with zero attached hydrogens (tertiary/aromatic N) is 3. The lowest BCUT2D eigenvalue weighted by Crippen LogP contribution is -2.59. The van der Waals surface area contributed by atoms with Crippen molar-refractivity contribution < 1.29 is 37.3 Å². The Labute approximate surface area is 272 Å². The summed E-state index contributed by atoms with van der Waals surface area (Å²) >= 11 is 0. The van der Waals surface area contributed by atoms with E-state index < -0.39 is 58.2 Å². The van der Waals surface area contributed by atoms with Crippen molar-refractivity contribution in [2.75, 3.05) is 43.6 Å². The third-order valence-electron chi connectivity index (χ3n) is 8.62. The molecule has 1 aromatic carbocycles. The number of aliphatic hydroxyl groups excluding tert-OH is 1. The highest BCUT2D eigenvalue weighted by atomic mass is 19.1. The third-order valence-corrected chi connectivity index (χ3v) is 8.62. The van der Waals surface area contributed by atoms with E-state index in [2.05, 4.69) is 20.6 Å². The lowest BCUT2D eigenvalue weighted by molar-refractivity contribution is -0.0950. The van der Waals surface area contributed by atoms with Crippen LogP contribution in [0.15, 0.2) is 42.7 Å². The summed E-state index contributed by atoms with van der Waals surface area (Å²) in [6.45, 7) is 8.86. The summed E-state index contributed by atoms with van der Waals surface area (Å²) in [6.07, 6.45) is 2.71. The number of hydrogen-bond donors (Lipinski definition) is 3. The number of carbonyl (C=O) groups is 1. The van der Waals surface area contributed by atoms with E-state index in [1.165, 1.54) is 25.3 Å². The van der Waals surface area contributed by atoms with Gasteiger partial charge in [0.05, 0.1) is 53.1 Å². The first kappa shape index (κ1) is 34.4. The first-order chi connectivity index (χ1) is 22.3. The van der Waals surface area contributed by atoms with E-state index in [0.717, 1.165) is 11.8 Å². The number of benzene rings is 1. The minimum Gasteiger partial charge on any atom is -0.444 e. The van der Waals surface area contributed by atoms with Crippen LogP contribution in [0.2, 0.25) is 0 Å². The average Bonchev–Trinajstić information content (AvgIpc) is 3.02. The molecule has 0 unspecified atom stereocenters. The predicted molar refractivity (Wildman–Crippen MR) is 170 cm³/mol. The zero-order valence-electron chi connectivity index (χ0n) is 27.3. The molecule has 47 heavy (non-hydrogen) atoms. The Balaban J connectivity index is 1.35. The number of pyridine rings is 2. The lowest BCUT2D eigenvalue weighted by Gasteiger charge is -2.42. The maximum atomic E-state index is 15.5. The van der Waals surface area contributed by atoms with Gasteiger partial charge in [-0.15, -0.1) is 0 Å². The van der Waals surface area contributed by atoms with Gasteiger partial charge in [-0.2, -0.15) is 0 Å². The number of alkyl carbamates (subject to hydrolysis) is 1. The molecule has 2 saturated heterocycles. The van der Waals surface area contributed by atoms with Gasteiger partial charge in [0, 0.05) is 58.4 Å². The Morgan fingerprint density at radius 3 is 2.47 bits per heavy atom. The van der Waals surface area contributed by atoms with E-state index in [4.69, 9.17) is 14.2 Å². The van der Waals surface area contributed by atoms with Crippen LogP contribution in [0, 0.1) is 23.4 Å². The Bertz CT molecular complexity index is 1560. The summed E-state index contributed by atoms with van der Waals surface area (Å²) in [4.78, 5) is 23.0. The van der Waals surface area contributed by atoms with Gasteiger partial charge in [-0.25, -0.2) is 22.9 Å². The van der Waals surface area contributed by atoms with Crippen LogP contribution in [-0.4, -0.2) is 72.3 Å². The molecular weight excluding hydrogens is 615 g/mol. The fraction of sp³-hybridized carbons (Fsp3) is 0.500. The van der Waals surface area contributed by atoms with Crippen LogP contribution in [0.3, 0.4) is 0 Å². The van der Waals surface area contributed by atoms with Crippen molar-refractivity contribution in [3.63, 3.8) is 0 Å². The fourth-order valence-electron chi connectivity index (χ4n) is 6.17. The molecule has 2 fully saturated rings. The smallest absolute Gasteiger partial charge is 0.408 e. The van der Waals surface area contributed by atoms with E-state index >= 15 is 13.2 Å². The van der Waals surface area contributed by atoms with Crippen molar-refractivity contribution in [2.45, 2.75) is 70.4 Å². The summed E-state index contributed by atoms with van der Waals surface area (Å²) in [5.74, 6) is -2.93. The molecule has 0 aliphatic carbocycles. The van der Waals surface area contributed by atoms with Gasteiger partial charge in [-0.3, -0.25) is 4.98 Å². The average molecular weight is 658 g/mol. The Morgan fingerprint density at radius 1 is 1.11 bits per heavy atom. The fourth-order valence-corrected chi connectivity index (χ4v) is 6.17. The molecule has 3 N–H and O–H groups in total. The van der Waals surface area contributed by atoms with E-state index in [-0.39, 0.29) is 12.5 Å². The van der Waals surface area contributed by atoms with Gasteiger partial charge in [0.15, 0.2) is 0 Å². The second-order valence-electron chi connectivity index (χ2n) is 13.1. The van der Waals surface area contributed by atoms with Crippen LogP contribution < -0.4 is 15.5 Å². The van der Waals surface area contributed by atoms with E-state index in [9.17, 15) is 9.90 Å². The van der Waals surface area contributed by atoms with E-state index in [1.54, 1.807) is 39.2 Å². The highest BCUT2D eigenvalue weighted by Crippen LogP contribution is 2.39. The highest BCUT2D eigenvalue weighted by molar-refractivity contribution is 5.71. The van der Waals surface area contributed by atoms with Crippen molar-refractivity contribution in [3.8, 4) is 11.3 Å². The quantitative estimate of drug-likeness (QED) is 0.287. The van der Waals surface area contributed by atoms with Gasteiger partial charge in [-0.1, -0.05) is 6.92 Å². The number of rotatable bonds is 8. The van der Waals surface area contributed by atoms with Crippen LogP contribution in [0.25, 0.3) is 11.3 Å². The topological polar surface area (TPSA) is 118 Å². The van der Waals surface area contributed by atoms with Gasteiger partial charge < -0.3 is 34.9 Å². The normalized spacial score (nSPS) is 21.3. The standard InChI is InChI=1S/C34H42F3N5O5/c1-20-18-42(19-27(31(20)43)41-32(44)47-33(2,3)4)28-8-11-38-17-26(28)39-16-22-6-7-23(35)30(40-22)29-24(36)14-21(15-25(29)37)34(45-5)9-12-46-13-10-34/h6-8,11,14-15,17,20,27,31,39,43H,9-10,12-13,16,18-19H2,1-5H3,(H,41,44)/t20-,27+,31+/m0/s1. The van der Waals surface area contributed by atoms with Crippen LogP contribution in [0.4, 0.5) is 29.3 Å². The zero-order valence-corrected chi connectivity index (χ0v) is 27.3. The number of halogens is 3. The SMILES string of the molecule is COC1(c2cc(F)c(-c3nc(CNc4cnccc4N4C[C@H](C)[C@@H](O)[C@H](NC(=O)OC(C)(C)C)C4)ccc3F)c(F)c2)CCOCC1. The highest BCUT2D eigenvalue weighted by Gasteiger charge is 2.37. The largest absolute Gasteiger partial charge is 0.444 e. The Hall–Kier alpha value is -3.94. The summed E-state index contributed by atoms with van der Waals surface area (Å²) < 4.78 is 62.5. The molecule has 3 aromatic rings. The van der Waals surface area contributed by atoms with Crippen molar-refractivity contribution in [3.05, 3.63) is 71.4 Å². The van der Waals surface area contributed by atoms with Gasteiger partial charge >= 0.3 is 6.09 Å². The second-order valence-corrected chi connectivity index (χ2v) is 13.1. The first-order valence-corrected chi connectivity index (χ1v) is 15.7. The Kier molecular flexibility index (Phi) is 10.3. The van der Waals surface area contributed by atoms with E-state index in [1.807, 2.05) is 11.8 Å². The molecule has 10 nitrogen and oxygen atoms in total. The number of methoxy groups -OCH3 is 1. The molecular formula is C34H42F3N5O5. The number of anilines is 2. The second kappa shape index (κ2) is 14.0. The van der Waals surface area contributed by atoms with Crippen molar-refractivity contribution in [1.29, 1.82) is 0 Å². The predicted octanol–water partition coefficient (Wildman–Crippen LogP) is 5.54. The molecule has 0 spiro atoms. The molecule has 0 saturated carbocycles.